The van der Waals surface area contributed by atoms with E-state index in [-0.39, 0.29) is 30.8 Å². The van der Waals surface area contributed by atoms with Gasteiger partial charge in [0.05, 0.1) is 37.3 Å². The van der Waals surface area contributed by atoms with E-state index in [0.29, 0.717) is 58.0 Å². The van der Waals surface area contributed by atoms with Crippen LogP contribution in [-0.2, 0) is 26.9 Å². The molecule has 2 saturated heterocycles. The molecule has 2 unspecified atom stereocenters. The molecule has 0 radical (unpaired) electrons. The maximum atomic E-state index is 13.3. The molecule has 2 fully saturated rings. The van der Waals surface area contributed by atoms with Gasteiger partial charge in [0.25, 0.3) is 0 Å². The van der Waals surface area contributed by atoms with Crippen LogP contribution >= 0.6 is 0 Å². The van der Waals surface area contributed by atoms with E-state index in [9.17, 15) is 22.8 Å². The van der Waals surface area contributed by atoms with Gasteiger partial charge in [-0.25, -0.2) is 0 Å². The van der Waals surface area contributed by atoms with Crippen molar-refractivity contribution < 1.29 is 27.5 Å². The van der Waals surface area contributed by atoms with Gasteiger partial charge in [-0.2, -0.15) is 13.2 Å². The lowest BCUT2D eigenvalue weighted by Gasteiger charge is -2.49. The molecule has 3 aliphatic heterocycles. The Morgan fingerprint density at radius 1 is 1.16 bits per heavy atom. The summed E-state index contributed by atoms with van der Waals surface area (Å²) in [6.07, 6.45) is -4.18. The minimum Gasteiger partial charge on any atom is -0.378 e. The van der Waals surface area contributed by atoms with Gasteiger partial charge in [0.2, 0.25) is 11.8 Å². The third-order valence-corrected chi connectivity index (χ3v) is 6.53. The van der Waals surface area contributed by atoms with E-state index < -0.39 is 17.7 Å². The number of hydrogen-bond acceptors (Lipinski definition) is 5. The topological polar surface area (TPSA) is 65.1 Å². The molecule has 32 heavy (non-hydrogen) atoms. The molecule has 0 bridgehead atoms. The first-order valence-corrected chi connectivity index (χ1v) is 11.1. The molecular formula is C22H29F3N4O3. The first kappa shape index (κ1) is 22.8. The summed E-state index contributed by atoms with van der Waals surface area (Å²) in [5.41, 5.74) is 0.604. The molecule has 0 saturated carbocycles. The van der Waals surface area contributed by atoms with Gasteiger partial charge in [-0.15, -0.1) is 0 Å². The Bertz CT molecular complexity index is 857. The number of alkyl halides is 3. The molecule has 3 aliphatic rings. The predicted octanol–water partition coefficient (Wildman–Crippen LogP) is 1.36. The standard InChI is InChI=1S/C22H29F3N4O3/c1-2-26-21(31)17-12-15-11-16(22(23,24)25)3-4-18(15)29-6-5-27(13-19(17)29)14-20(30)28-7-9-32-10-8-28/h3-4,11,17,19H,2,5-10,12-14H2,1H3,(H,26,31). The fraction of sp³-hybridized carbons (Fsp3) is 0.636. The number of carbonyl (C=O) groups is 2. The Labute approximate surface area is 185 Å². The van der Waals surface area contributed by atoms with E-state index in [1.807, 2.05) is 6.92 Å². The number of anilines is 1. The van der Waals surface area contributed by atoms with Crippen LogP contribution in [0.15, 0.2) is 18.2 Å². The Morgan fingerprint density at radius 3 is 2.59 bits per heavy atom. The number of nitrogens with one attached hydrogen (secondary N) is 1. The quantitative estimate of drug-likeness (QED) is 0.745. The van der Waals surface area contributed by atoms with Gasteiger partial charge in [-0.05, 0) is 37.1 Å². The number of amides is 2. The second kappa shape index (κ2) is 9.27. The average molecular weight is 454 g/mol. The van der Waals surface area contributed by atoms with Crippen LogP contribution in [-0.4, -0.2) is 86.7 Å². The summed E-state index contributed by atoms with van der Waals surface area (Å²) in [6, 6.07) is 3.60. The van der Waals surface area contributed by atoms with Crippen LogP contribution in [0, 0.1) is 5.92 Å². The van der Waals surface area contributed by atoms with E-state index in [4.69, 9.17) is 4.74 Å². The second-order valence-corrected chi connectivity index (χ2v) is 8.54. The average Bonchev–Trinajstić information content (AvgIpc) is 2.78. The molecule has 7 nitrogen and oxygen atoms in total. The minimum absolute atomic E-state index is 0.0438. The van der Waals surface area contributed by atoms with Crippen LogP contribution in [0.5, 0.6) is 0 Å². The van der Waals surface area contributed by atoms with Crippen molar-refractivity contribution in [3.63, 3.8) is 0 Å². The first-order valence-electron chi connectivity index (χ1n) is 11.1. The highest BCUT2D eigenvalue weighted by atomic mass is 19.4. The van der Waals surface area contributed by atoms with E-state index in [1.165, 1.54) is 12.1 Å². The largest absolute Gasteiger partial charge is 0.416 e. The number of nitrogens with zero attached hydrogens (tertiary/aromatic N) is 3. The Kier molecular flexibility index (Phi) is 6.62. The number of rotatable bonds is 4. The molecule has 3 heterocycles. The van der Waals surface area contributed by atoms with Gasteiger partial charge >= 0.3 is 6.18 Å². The molecule has 1 aromatic carbocycles. The molecule has 1 N–H and O–H groups in total. The van der Waals surface area contributed by atoms with Crippen molar-refractivity contribution in [3.8, 4) is 0 Å². The molecular weight excluding hydrogens is 425 g/mol. The molecule has 2 atom stereocenters. The zero-order valence-electron chi connectivity index (χ0n) is 18.2. The number of halogens is 3. The van der Waals surface area contributed by atoms with Gasteiger partial charge in [0, 0.05) is 45.0 Å². The van der Waals surface area contributed by atoms with Crippen LogP contribution in [0.4, 0.5) is 18.9 Å². The van der Waals surface area contributed by atoms with Crippen LogP contribution in [0.1, 0.15) is 18.1 Å². The highest BCUT2D eigenvalue weighted by Gasteiger charge is 2.43. The number of ether oxygens (including phenoxy) is 1. The third kappa shape index (κ3) is 4.71. The van der Waals surface area contributed by atoms with Crippen molar-refractivity contribution in [2.24, 2.45) is 5.92 Å². The number of piperazine rings is 1. The van der Waals surface area contributed by atoms with Gasteiger partial charge in [-0.3, -0.25) is 14.5 Å². The zero-order valence-corrected chi connectivity index (χ0v) is 18.2. The molecule has 0 spiro atoms. The maximum absolute atomic E-state index is 13.3. The molecule has 1 aromatic rings. The lowest BCUT2D eigenvalue weighted by Crippen LogP contribution is -2.62. The summed E-state index contributed by atoms with van der Waals surface area (Å²) >= 11 is 0. The van der Waals surface area contributed by atoms with Crippen molar-refractivity contribution in [3.05, 3.63) is 29.3 Å². The Morgan fingerprint density at radius 2 is 1.91 bits per heavy atom. The molecule has 4 rings (SSSR count). The normalized spacial score (nSPS) is 24.0. The SMILES string of the molecule is CCNC(=O)C1Cc2cc(C(F)(F)F)ccc2N2CCN(CC(=O)N3CCOCC3)CC12. The van der Waals surface area contributed by atoms with Crippen molar-refractivity contribution >= 4 is 17.5 Å². The number of fused-ring (bicyclic) bond motifs is 3. The smallest absolute Gasteiger partial charge is 0.378 e. The van der Waals surface area contributed by atoms with Gasteiger partial charge in [0.1, 0.15) is 0 Å². The van der Waals surface area contributed by atoms with Crippen LogP contribution in [0.3, 0.4) is 0 Å². The summed E-state index contributed by atoms with van der Waals surface area (Å²) in [4.78, 5) is 31.5. The van der Waals surface area contributed by atoms with Gasteiger partial charge in [-0.1, -0.05) is 0 Å². The molecule has 2 amide bonds. The number of carbonyl (C=O) groups excluding carboxylic acids is 2. The van der Waals surface area contributed by atoms with E-state index in [2.05, 4.69) is 15.1 Å². The van der Waals surface area contributed by atoms with Crippen LogP contribution in [0.25, 0.3) is 0 Å². The molecule has 0 aromatic heterocycles. The second-order valence-electron chi connectivity index (χ2n) is 8.54. The fourth-order valence-electron chi connectivity index (χ4n) is 4.91. The van der Waals surface area contributed by atoms with Crippen molar-refractivity contribution in [2.45, 2.75) is 25.6 Å². The monoisotopic (exact) mass is 454 g/mol. The van der Waals surface area contributed by atoms with Crippen LogP contribution in [0.2, 0.25) is 0 Å². The Hall–Kier alpha value is -2.33. The lowest BCUT2D eigenvalue weighted by molar-refractivity contribution is -0.138. The highest BCUT2D eigenvalue weighted by molar-refractivity contribution is 5.82. The van der Waals surface area contributed by atoms with Crippen molar-refractivity contribution in [1.82, 2.24) is 15.1 Å². The summed E-state index contributed by atoms with van der Waals surface area (Å²) in [5, 5.41) is 2.84. The lowest BCUT2D eigenvalue weighted by atomic mass is 9.82. The van der Waals surface area contributed by atoms with Crippen LogP contribution < -0.4 is 10.2 Å². The Balaban J connectivity index is 1.54. The molecule has 10 heteroatoms. The first-order chi connectivity index (χ1) is 15.3. The zero-order chi connectivity index (χ0) is 22.9. The van der Waals surface area contributed by atoms with E-state index in [1.54, 1.807) is 4.90 Å². The number of hydrogen-bond donors (Lipinski definition) is 1. The predicted molar refractivity (Wildman–Crippen MR) is 112 cm³/mol. The van der Waals surface area contributed by atoms with Crippen molar-refractivity contribution in [1.29, 1.82) is 0 Å². The van der Waals surface area contributed by atoms with E-state index in [0.717, 1.165) is 11.8 Å². The minimum atomic E-state index is -4.42. The third-order valence-electron chi connectivity index (χ3n) is 6.53. The summed E-state index contributed by atoms with van der Waals surface area (Å²) in [5.74, 6) is -0.596. The molecule has 176 valence electrons. The number of benzene rings is 1. The van der Waals surface area contributed by atoms with Gasteiger partial charge in [0.15, 0.2) is 0 Å². The number of morpholine rings is 1. The molecule has 0 aliphatic carbocycles. The van der Waals surface area contributed by atoms with E-state index >= 15 is 0 Å². The summed E-state index contributed by atoms with van der Waals surface area (Å²) < 4.78 is 45.1. The van der Waals surface area contributed by atoms with Gasteiger partial charge < -0.3 is 19.9 Å². The highest BCUT2D eigenvalue weighted by Crippen LogP contribution is 2.39. The summed E-state index contributed by atoms with van der Waals surface area (Å²) in [6.45, 7) is 6.46. The summed E-state index contributed by atoms with van der Waals surface area (Å²) in [7, 11) is 0. The fourth-order valence-corrected chi connectivity index (χ4v) is 4.91. The van der Waals surface area contributed by atoms with Crippen molar-refractivity contribution in [2.75, 3.05) is 63.9 Å². The maximum Gasteiger partial charge on any atom is 0.416 e.